The van der Waals surface area contributed by atoms with Crippen LogP contribution in [0.3, 0.4) is 0 Å². The molecule has 1 aliphatic carbocycles. The first-order valence-electron chi connectivity index (χ1n) is 11.8. The maximum atomic E-state index is 13.4. The van der Waals surface area contributed by atoms with E-state index in [1.54, 1.807) is 24.3 Å². The van der Waals surface area contributed by atoms with Gasteiger partial charge in [-0.1, -0.05) is 36.4 Å². The predicted molar refractivity (Wildman–Crippen MR) is 131 cm³/mol. The number of anilines is 1. The zero-order chi connectivity index (χ0) is 24.6. The molecule has 5 nitrogen and oxygen atoms in total. The molecule has 0 aliphatic heterocycles. The lowest BCUT2D eigenvalue weighted by atomic mass is 9.90. The molecule has 5 rings (SSSR count). The smallest absolute Gasteiger partial charge is 0.382 e. The molecule has 0 saturated heterocycles. The summed E-state index contributed by atoms with van der Waals surface area (Å²) in [4.78, 5) is 16.6. The second kappa shape index (κ2) is 9.24. The fraction of sp³-hybridized carbons (Fsp3) is 0.333. The first-order valence-corrected chi connectivity index (χ1v) is 11.8. The van der Waals surface area contributed by atoms with E-state index in [0.29, 0.717) is 29.4 Å². The average Bonchev–Trinajstić information content (AvgIpc) is 3.14. The molecule has 2 N–H and O–H groups in total. The molecule has 0 spiro atoms. The van der Waals surface area contributed by atoms with E-state index in [4.69, 9.17) is 0 Å². The first-order chi connectivity index (χ1) is 16.8. The van der Waals surface area contributed by atoms with Gasteiger partial charge in [-0.15, -0.1) is 0 Å². The number of rotatable bonds is 5. The second-order valence-electron chi connectivity index (χ2n) is 9.30. The highest BCUT2D eigenvalue weighted by Crippen LogP contribution is 2.34. The summed E-state index contributed by atoms with van der Waals surface area (Å²) in [7, 11) is 1.97. The van der Waals surface area contributed by atoms with Gasteiger partial charge in [0.05, 0.1) is 11.9 Å². The van der Waals surface area contributed by atoms with Crippen molar-refractivity contribution in [3.8, 4) is 0 Å². The fourth-order valence-electron chi connectivity index (χ4n) is 5.13. The highest BCUT2D eigenvalue weighted by molar-refractivity contribution is 5.92. The molecular formula is C27H27F3N4O. The number of aryl methyl sites for hydroxylation is 1. The number of hydrogen-bond acceptors (Lipinski definition) is 3. The van der Waals surface area contributed by atoms with Crippen LogP contribution in [0, 0.1) is 0 Å². The van der Waals surface area contributed by atoms with Gasteiger partial charge in [-0.25, -0.2) is 4.98 Å². The second-order valence-corrected chi connectivity index (χ2v) is 9.30. The molecule has 1 fully saturated rings. The van der Waals surface area contributed by atoms with Gasteiger partial charge in [-0.2, -0.15) is 13.2 Å². The Morgan fingerprint density at radius 2 is 1.77 bits per heavy atom. The van der Waals surface area contributed by atoms with Crippen molar-refractivity contribution in [2.24, 2.45) is 7.05 Å². The lowest BCUT2D eigenvalue weighted by molar-refractivity contribution is -0.140. The number of nitrogens with zero attached hydrogens (tertiary/aromatic N) is 2. The molecule has 0 unspecified atom stereocenters. The third kappa shape index (κ3) is 4.97. The molecule has 2 heterocycles. The number of benzene rings is 2. The third-order valence-electron chi connectivity index (χ3n) is 6.74. The summed E-state index contributed by atoms with van der Waals surface area (Å²) >= 11 is 0. The van der Waals surface area contributed by atoms with Crippen molar-refractivity contribution >= 4 is 33.4 Å². The van der Waals surface area contributed by atoms with Crippen molar-refractivity contribution in [1.29, 1.82) is 0 Å². The normalized spacial score (nSPS) is 18.6. The Labute approximate surface area is 201 Å². The van der Waals surface area contributed by atoms with Crippen LogP contribution < -0.4 is 10.6 Å². The summed E-state index contributed by atoms with van der Waals surface area (Å²) in [6.45, 7) is 0. The number of pyridine rings is 1. The fourth-order valence-corrected chi connectivity index (χ4v) is 5.13. The monoisotopic (exact) mass is 480 g/mol. The van der Waals surface area contributed by atoms with Crippen LogP contribution in [0.25, 0.3) is 21.8 Å². The van der Waals surface area contributed by atoms with E-state index in [2.05, 4.69) is 15.6 Å². The Morgan fingerprint density at radius 3 is 2.57 bits per heavy atom. The summed E-state index contributed by atoms with van der Waals surface area (Å²) in [6.07, 6.45) is 0.969. The Morgan fingerprint density at radius 1 is 1.06 bits per heavy atom. The van der Waals surface area contributed by atoms with Crippen LogP contribution >= 0.6 is 0 Å². The van der Waals surface area contributed by atoms with Gasteiger partial charge in [0, 0.05) is 47.3 Å². The molecular weight excluding hydrogens is 453 g/mol. The summed E-state index contributed by atoms with van der Waals surface area (Å²) in [6, 6.07) is 15.8. The molecule has 0 bridgehead atoms. The number of halogens is 3. The van der Waals surface area contributed by atoms with Crippen molar-refractivity contribution in [2.75, 3.05) is 5.32 Å². The predicted octanol–water partition coefficient (Wildman–Crippen LogP) is 5.83. The number of alkyl halides is 3. The third-order valence-corrected chi connectivity index (χ3v) is 6.74. The lowest BCUT2D eigenvalue weighted by Gasteiger charge is -2.31. The minimum Gasteiger partial charge on any atom is -0.382 e. The SMILES string of the molecule is Cn1cc(CC(=O)N[C@@H]2CCC[C@H](Nc3cc(C(F)(F)F)nc4ccccc34)C2)c2ccccc21. The number of carbonyl (C=O) groups excluding carboxylic acids is 1. The number of para-hydroxylation sites is 2. The maximum absolute atomic E-state index is 13.4. The van der Waals surface area contributed by atoms with E-state index >= 15 is 0 Å². The molecule has 1 aliphatic rings. The van der Waals surface area contributed by atoms with Gasteiger partial charge in [-0.3, -0.25) is 4.79 Å². The maximum Gasteiger partial charge on any atom is 0.433 e. The van der Waals surface area contributed by atoms with E-state index < -0.39 is 11.9 Å². The topological polar surface area (TPSA) is 59.0 Å². The van der Waals surface area contributed by atoms with Crippen LogP contribution in [-0.2, 0) is 24.4 Å². The van der Waals surface area contributed by atoms with Crippen molar-refractivity contribution in [2.45, 2.75) is 50.4 Å². The van der Waals surface area contributed by atoms with Gasteiger partial charge in [0.15, 0.2) is 0 Å². The zero-order valence-corrected chi connectivity index (χ0v) is 19.4. The van der Waals surface area contributed by atoms with Gasteiger partial charge in [0.25, 0.3) is 0 Å². The molecule has 4 aromatic rings. The van der Waals surface area contributed by atoms with Crippen LogP contribution in [0.4, 0.5) is 18.9 Å². The molecule has 1 amide bonds. The number of amides is 1. The van der Waals surface area contributed by atoms with Crippen molar-refractivity contribution in [1.82, 2.24) is 14.9 Å². The lowest BCUT2D eigenvalue weighted by Crippen LogP contribution is -2.42. The van der Waals surface area contributed by atoms with Crippen LogP contribution in [0.1, 0.15) is 36.9 Å². The summed E-state index contributed by atoms with van der Waals surface area (Å²) in [5.41, 5.74) is 1.89. The summed E-state index contributed by atoms with van der Waals surface area (Å²) in [5.74, 6) is -0.0410. The van der Waals surface area contributed by atoms with E-state index in [0.717, 1.165) is 41.8 Å². The van der Waals surface area contributed by atoms with Crippen LogP contribution in [-0.4, -0.2) is 27.5 Å². The molecule has 0 radical (unpaired) electrons. The van der Waals surface area contributed by atoms with E-state index in [9.17, 15) is 18.0 Å². The van der Waals surface area contributed by atoms with Gasteiger partial charge < -0.3 is 15.2 Å². The Hall–Kier alpha value is -3.55. The van der Waals surface area contributed by atoms with Crippen molar-refractivity contribution in [3.63, 3.8) is 0 Å². The highest BCUT2D eigenvalue weighted by atomic mass is 19.4. The molecule has 8 heteroatoms. The van der Waals surface area contributed by atoms with E-state index in [1.165, 1.54) is 0 Å². The zero-order valence-electron chi connectivity index (χ0n) is 19.4. The number of carbonyl (C=O) groups is 1. The number of aromatic nitrogens is 2. The van der Waals surface area contributed by atoms with Gasteiger partial charge in [-0.05, 0) is 49.4 Å². The number of hydrogen-bond donors (Lipinski definition) is 2. The summed E-state index contributed by atoms with van der Waals surface area (Å²) in [5, 5.41) is 8.19. The quantitative estimate of drug-likeness (QED) is 0.378. The number of nitrogens with one attached hydrogen (secondary N) is 2. The number of fused-ring (bicyclic) bond motifs is 2. The van der Waals surface area contributed by atoms with Gasteiger partial charge in [0.2, 0.25) is 5.91 Å². The average molecular weight is 481 g/mol. The molecule has 35 heavy (non-hydrogen) atoms. The Kier molecular flexibility index (Phi) is 6.13. The van der Waals surface area contributed by atoms with Gasteiger partial charge in [0.1, 0.15) is 5.69 Å². The van der Waals surface area contributed by atoms with Crippen LogP contribution in [0.2, 0.25) is 0 Å². The molecule has 182 valence electrons. The Balaban J connectivity index is 1.28. The minimum atomic E-state index is -4.52. The molecule has 2 aromatic carbocycles. The molecule has 2 aromatic heterocycles. The van der Waals surface area contributed by atoms with Gasteiger partial charge >= 0.3 is 6.18 Å². The first kappa shape index (κ1) is 23.2. The van der Waals surface area contributed by atoms with Crippen molar-refractivity contribution in [3.05, 3.63) is 72.1 Å². The summed E-state index contributed by atoms with van der Waals surface area (Å²) < 4.78 is 42.3. The highest BCUT2D eigenvalue weighted by Gasteiger charge is 2.34. The molecule has 1 saturated carbocycles. The van der Waals surface area contributed by atoms with E-state index in [-0.39, 0.29) is 18.0 Å². The minimum absolute atomic E-state index is 0.0288. The Bertz CT molecular complexity index is 1380. The largest absolute Gasteiger partial charge is 0.433 e. The molecule has 2 atom stereocenters. The standard InChI is InChI=1S/C27H27F3N4O/c1-34-16-17(20-9-3-5-12-24(20)34)13-26(35)32-19-8-6-7-18(14-19)31-23-15-25(27(28,29)30)33-22-11-4-2-10-21(22)23/h2-5,9-12,15-16,18-19H,6-8,13-14H2,1H3,(H,31,33)(H,32,35)/t18-,19+/m0/s1. The van der Waals surface area contributed by atoms with E-state index in [1.807, 2.05) is 42.1 Å². The van der Waals surface area contributed by atoms with Crippen LogP contribution in [0.15, 0.2) is 60.8 Å². The van der Waals surface area contributed by atoms with Crippen LogP contribution in [0.5, 0.6) is 0 Å². The van der Waals surface area contributed by atoms with Crippen molar-refractivity contribution < 1.29 is 18.0 Å².